The number of carbonyl (C=O) groups excluding carboxylic acids is 4. The monoisotopic (exact) mass is 592 g/mol. The van der Waals surface area contributed by atoms with E-state index in [0.29, 0.717) is 45.1 Å². The summed E-state index contributed by atoms with van der Waals surface area (Å²) < 4.78 is 16.1. The van der Waals surface area contributed by atoms with Crippen molar-refractivity contribution in [1.29, 1.82) is 0 Å². The maximum Gasteiger partial charge on any atom is 0.225 e. The molecule has 2 fully saturated rings. The Hall–Kier alpha value is -3.32. The molecule has 232 valence electrons. The van der Waals surface area contributed by atoms with Crippen LogP contribution in [0.2, 0.25) is 0 Å². The minimum atomic E-state index is -0.892. The van der Waals surface area contributed by atoms with Crippen LogP contribution < -0.4 is 10.1 Å². The topological polar surface area (TPSA) is 115 Å². The quantitative estimate of drug-likeness (QED) is 0.167. The van der Waals surface area contributed by atoms with Crippen LogP contribution in [-0.2, 0) is 35.1 Å². The van der Waals surface area contributed by atoms with Gasteiger partial charge in [-0.15, -0.1) is 12.3 Å². The minimum absolute atomic E-state index is 0.00794. The molecule has 2 aliphatic heterocycles. The van der Waals surface area contributed by atoms with E-state index in [1.54, 1.807) is 26.2 Å². The van der Waals surface area contributed by atoms with Crippen molar-refractivity contribution in [2.45, 2.75) is 69.9 Å². The second-order valence-corrected chi connectivity index (χ2v) is 12.1. The van der Waals surface area contributed by atoms with Gasteiger partial charge < -0.3 is 19.5 Å². The maximum absolute atomic E-state index is 13.9. The second-order valence-electron chi connectivity index (χ2n) is 12.1. The number of morpholine rings is 1. The van der Waals surface area contributed by atoms with Crippen molar-refractivity contribution in [2.24, 2.45) is 11.8 Å². The molecular weight excluding hydrogens is 548 g/mol. The Kier molecular flexibility index (Phi) is 11.7. The van der Waals surface area contributed by atoms with Gasteiger partial charge in [0.1, 0.15) is 17.1 Å². The molecule has 2 heterocycles. The average Bonchev–Trinajstić information content (AvgIpc) is 3.54. The van der Waals surface area contributed by atoms with Gasteiger partial charge in [-0.3, -0.25) is 24.1 Å². The molecule has 0 bridgehead atoms. The Bertz CT molecular complexity index is 1220. The molecule has 43 heavy (non-hydrogen) atoms. The van der Waals surface area contributed by atoms with Crippen molar-refractivity contribution in [2.75, 3.05) is 46.6 Å². The van der Waals surface area contributed by atoms with E-state index in [4.69, 9.17) is 20.6 Å². The first-order valence-electron chi connectivity index (χ1n) is 15.3. The zero-order valence-corrected chi connectivity index (χ0v) is 25.4. The lowest BCUT2D eigenvalue weighted by Crippen LogP contribution is -2.47. The van der Waals surface area contributed by atoms with Crippen molar-refractivity contribution in [3.05, 3.63) is 41.5 Å². The fourth-order valence-corrected chi connectivity index (χ4v) is 5.84. The Morgan fingerprint density at radius 1 is 1.09 bits per heavy atom. The van der Waals surface area contributed by atoms with Gasteiger partial charge in [-0.2, -0.15) is 0 Å². The van der Waals surface area contributed by atoms with Crippen LogP contribution in [0, 0.1) is 24.2 Å². The summed E-state index contributed by atoms with van der Waals surface area (Å²) in [5.74, 6) is 1.10. The molecule has 1 aliphatic carbocycles. The Labute approximate surface area is 254 Å². The summed E-state index contributed by atoms with van der Waals surface area (Å²) in [5.41, 5.74) is 1.17. The lowest BCUT2D eigenvalue weighted by Gasteiger charge is -2.27. The van der Waals surface area contributed by atoms with Gasteiger partial charge in [-0.1, -0.05) is 23.8 Å². The normalized spacial score (nSPS) is 22.0. The molecule has 4 rings (SSSR count). The molecule has 1 N–H and O–H groups in total. The summed E-state index contributed by atoms with van der Waals surface area (Å²) in [4.78, 5) is 55.8. The highest BCUT2D eigenvalue weighted by Crippen LogP contribution is 2.35. The molecule has 4 atom stereocenters. The van der Waals surface area contributed by atoms with Gasteiger partial charge in [0.15, 0.2) is 11.6 Å². The first-order chi connectivity index (χ1) is 20.7. The van der Waals surface area contributed by atoms with Crippen LogP contribution in [0.4, 0.5) is 0 Å². The summed E-state index contributed by atoms with van der Waals surface area (Å²) in [5, 5.41) is 2.92. The van der Waals surface area contributed by atoms with E-state index in [1.165, 1.54) is 5.57 Å². The highest BCUT2D eigenvalue weighted by atomic mass is 16.6. The number of terminal acetylenes is 1. The third-order valence-electron chi connectivity index (χ3n) is 8.58. The standard InChI is InChI=1S/C34H44N2O7/c1-4-7-26(20-28(37)22-36-14-16-42-17-15-36)33(40)35-30(19-25-10-12-29(41-3)13-11-25)31(38)21-27(18-24-8-5-6-9-24)32(39)34(2)23-43-34/h1,8,10-13,26-27,30H,5-7,9,14-23H2,2-3H3,(H,35,40). The summed E-state index contributed by atoms with van der Waals surface area (Å²) in [6.07, 6.45) is 11.5. The summed E-state index contributed by atoms with van der Waals surface area (Å²) in [6, 6.07) is 6.40. The summed E-state index contributed by atoms with van der Waals surface area (Å²) >= 11 is 0. The van der Waals surface area contributed by atoms with Crippen LogP contribution in [0.5, 0.6) is 5.75 Å². The van der Waals surface area contributed by atoms with Crippen molar-refractivity contribution >= 4 is 23.3 Å². The zero-order chi connectivity index (χ0) is 30.8. The molecule has 9 nitrogen and oxygen atoms in total. The molecule has 1 aromatic carbocycles. The van der Waals surface area contributed by atoms with Crippen LogP contribution in [0.25, 0.3) is 0 Å². The largest absolute Gasteiger partial charge is 0.497 e. The number of rotatable bonds is 17. The smallest absolute Gasteiger partial charge is 0.225 e. The van der Waals surface area contributed by atoms with Crippen LogP contribution in [-0.4, -0.2) is 86.4 Å². The van der Waals surface area contributed by atoms with E-state index in [9.17, 15) is 19.2 Å². The molecule has 0 radical (unpaired) electrons. The van der Waals surface area contributed by atoms with E-state index in [2.05, 4.69) is 17.3 Å². The van der Waals surface area contributed by atoms with E-state index in [-0.39, 0.29) is 49.6 Å². The fraction of sp³-hybridized carbons (Fsp3) is 0.588. The van der Waals surface area contributed by atoms with Crippen molar-refractivity contribution in [3.8, 4) is 18.1 Å². The highest BCUT2D eigenvalue weighted by molar-refractivity contribution is 5.97. The summed E-state index contributed by atoms with van der Waals surface area (Å²) in [7, 11) is 1.58. The maximum atomic E-state index is 13.9. The van der Waals surface area contributed by atoms with E-state index < -0.39 is 29.4 Å². The first-order valence-corrected chi connectivity index (χ1v) is 15.3. The number of hydrogen-bond acceptors (Lipinski definition) is 8. The number of benzene rings is 1. The number of Topliss-reactive ketones (excluding diaryl/α,β-unsaturated/α-hetero) is 3. The molecular formula is C34H44N2O7. The van der Waals surface area contributed by atoms with Crippen LogP contribution >= 0.6 is 0 Å². The van der Waals surface area contributed by atoms with Crippen molar-refractivity contribution in [1.82, 2.24) is 10.2 Å². The molecule has 0 spiro atoms. The van der Waals surface area contributed by atoms with Crippen LogP contribution in [0.1, 0.15) is 57.4 Å². The Morgan fingerprint density at radius 2 is 1.81 bits per heavy atom. The molecule has 1 aromatic rings. The number of nitrogens with one attached hydrogen (secondary N) is 1. The molecule has 2 saturated heterocycles. The minimum Gasteiger partial charge on any atom is -0.497 e. The van der Waals surface area contributed by atoms with Gasteiger partial charge in [0.25, 0.3) is 0 Å². The lowest BCUT2D eigenvalue weighted by atomic mass is 9.83. The zero-order valence-electron chi connectivity index (χ0n) is 25.4. The SMILES string of the molecule is C#CCC(CC(=O)CN1CCOCC1)C(=O)NC(Cc1ccc(OC)cc1)C(=O)CC(CC1=CCCC1)C(=O)C1(C)CO1. The second kappa shape index (κ2) is 15.4. The third kappa shape index (κ3) is 9.59. The fourth-order valence-electron chi connectivity index (χ4n) is 5.84. The van der Waals surface area contributed by atoms with Gasteiger partial charge in [0, 0.05) is 38.3 Å². The lowest BCUT2D eigenvalue weighted by molar-refractivity contribution is -0.134. The van der Waals surface area contributed by atoms with Gasteiger partial charge in [0.05, 0.1) is 45.4 Å². The number of ether oxygens (including phenoxy) is 3. The van der Waals surface area contributed by atoms with Crippen molar-refractivity contribution < 1.29 is 33.4 Å². The van der Waals surface area contributed by atoms with Gasteiger partial charge in [-0.25, -0.2) is 0 Å². The molecule has 4 unspecified atom stereocenters. The molecule has 1 amide bonds. The van der Waals surface area contributed by atoms with Gasteiger partial charge >= 0.3 is 0 Å². The number of methoxy groups -OCH3 is 1. The molecule has 0 aromatic heterocycles. The van der Waals surface area contributed by atoms with Crippen LogP contribution in [0.15, 0.2) is 35.9 Å². The molecule has 0 saturated carbocycles. The van der Waals surface area contributed by atoms with E-state index >= 15 is 0 Å². The number of allylic oxidation sites excluding steroid dienone is 2. The number of carbonyl (C=O) groups is 4. The number of ketones is 3. The van der Waals surface area contributed by atoms with Gasteiger partial charge in [-0.05, 0) is 56.7 Å². The highest BCUT2D eigenvalue weighted by Gasteiger charge is 2.50. The predicted molar refractivity (Wildman–Crippen MR) is 161 cm³/mol. The van der Waals surface area contributed by atoms with Crippen LogP contribution in [0.3, 0.4) is 0 Å². The number of nitrogens with zero attached hydrogens (tertiary/aromatic N) is 1. The predicted octanol–water partition coefficient (Wildman–Crippen LogP) is 3.09. The number of epoxide rings is 1. The molecule has 3 aliphatic rings. The van der Waals surface area contributed by atoms with Gasteiger partial charge in [0.2, 0.25) is 5.91 Å². The van der Waals surface area contributed by atoms with Crippen molar-refractivity contribution in [3.63, 3.8) is 0 Å². The third-order valence-corrected chi connectivity index (χ3v) is 8.58. The number of amides is 1. The molecule has 9 heteroatoms. The van der Waals surface area contributed by atoms with E-state index in [1.807, 2.05) is 17.0 Å². The first kappa shape index (κ1) is 32.6. The average molecular weight is 593 g/mol. The van der Waals surface area contributed by atoms with E-state index in [0.717, 1.165) is 24.8 Å². The summed E-state index contributed by atoms with van der Waals surface area (Å²) in [6.45, 7) is 4.82. The Morgan fingerprint density at radius 3 is 2.42 bits per heavy atom. The Balaban J connectivity index is 1.49. The number of hydrogen-bond donors (Lipinski definition) is 1.